The van der Waals surface area contributed by atoms with E-state index in [0.29, 0.717) is 29.9 Å². The second kappa shape index (κ2) is 9.32. The smallest absolute Gasteiger partial charge is 0.252 e. The Morgan fingerprint density at radius 1 is 1.24 bits per heavy atom. The zero-order valence-electron chi connectivity index (χ0n) is 14.2. The summed E-state index contributed by atoms with van der Waals surface area (Å²) in [4.78, 5) is 12.8. The minimum atomic E-state index is -3.39. The Labute approximate surface area is 159 Å². The minimum Gasteiger partial charge on any atom is -0.354 e. The second-order valence-corrected chi connectivity index (χ2v) is 9.79. The van der Waals surface area contributed by atoms with Crippen molar-refractivity contribution in [1.82, 2.24) is 14.9 Å². The van der Waals surface area contributed by atoms with Crippen LogP contribution in [-0.2, 0) is 21.2 Å². The lowest BCUT2D eigenvalue weighted by atomic mass is 10.2. The summed E-state index contributed by atoms with van der Waals surface area (Å²) in [5.74, 6) is -0.0486. The highest BCUT2D eigenvalue weighted by atomic mass is 35.5. The first kappa shape index (κ1) is 20.6. The first-order valence-corrected chi connectivity index (χ1v) is 10.9. The van der Waals surface area contributed by atoms with Gasteiger partial charge in [0, 0.05) is 30.6 Å². The fraction of sp³-hybridized carbons (Fsp3) is 0.688. The number of rotatable bonds is 6. The highest BCUT2D eigenvalue weighted by Crippen LogP contribution is 2.27. The van der Waals surface area contributed by atoms with Gasteiger partial charge in [0.2, 0.25) is 5.91 Å². The summed E-state index contributed by atoms with van der Waals surface area (Å²) in [5.41, 5.74) is 0. The van der Waals surface area contributed by atoms with Crippen molar-refractivity contribution in [3.8, 4) is 0 Å². The molecule has 6 nitrogen and oxygen atoms in total. The molecule has 0 bridgehead atoms. The normalized spacial score (nSPS) is 21.7. The molecular formula is C16H26ClN3O3S2. The van der Waals surface area contributed by atoms with Crippen LogP contribution in [0.1, 0.15) is 37.0 Å². The molecule has 2 aliphatic heterocycles. The number of hydrogen-bond donors (Lipinski definition) is 2. The third-order valence-electron chi connectivity index (χ3n) is 4.59. The molecule has 142 valence electrons. The molecular weight excluding hydrogens is 382 g/mol. The SMILES string of the molecule is Cl.O=C(Cc1ccc(S(=O)(=O)N2CCCCC2)s1)NCC1CCCN1. The number of thiophene rings is 1. The molecule has 0 radical (unpaired) electrons. The van der Waals surface area contributed by atoms with Crippen LogP contribution in [0.5, 0.6) is 0 Å². The third kappa shape index (κ3) is 5.40. The lowest BCUT2D eigenvalue weighted by molar-refractivity contribution is -0.120. The van der Waals surface area contributed by atoms with Gasteiger partial charge in [-0.15, -0.1) is 23.7 Å². The number of carbonyl (C=O) groups excluding carboxylic acids is 1. The molecule has 0 aliphatic carbocycles. The average Bonchev–Trinajstić information content (AvgIpc) is 3.26. The third-order valence-corrected chi connectivity index (χ3v) is 8.04. The van der Waals surface area contributed by atoms with E-state index in [0.717, 1.165) is 43.5 Å². The molecule has 3 rings (SSSR count). The van der Waals surface area contributed by atoms with Gasteiger partial charge in [-0.3, -0.25) is 4.79 Å². The maximum atomic E-state index is 12.6. The van der Waals surface area contributed by atoms with Crippen LogP contribution >= 0.6 is 23.7 Å². The molecule has 25 heavy (non-hydrogen) atoms. The van der Waals surface area contributed by atoms with Gasteiger partial charge in [-0.05, 0) is 44.4 Å². The number of nitrogens with one attached hydrogen (secondary N) is 2. The number of piperidine rings is 1. The molecule has 1 atom stereocenters. The van der Waals surface area contributed by atoms with E-state index in [1.54, 1.807) is 16.4 Å². The maximum absolute atomic E-state index is 12.6. The Kier molecular flexibility index (Phi) is 7.69. The summed E-state index contributed by atoms with van der Waals surface area (Å²) in [6.45, 7) is 2.86. The molecule has 0 saturated carbocycles. The van der Waals surface area contributed by atoms with E-state index in [1.165, 1.54) is 11.3 Å². The van der Waals surface area contributed by atoms with Gasteiger partial charge >= 0.3 is 0 Å². The predicted molar refractivity (Wildman–Crippen MR) is 102 cm³/mol. The van der Waals surface area contributed by atoms with E-state index in [1.807, 2.05) is 0 Å². The topological polar surface area (TPSA) is 78.5 Å². The number of amides is 1. The fourth-order valence-corrected chi connectivity index (χ4v) is 6.24. The Morgan fingerprint density at radius 2 is 2.00 bits per heavy atom. The molecule has 0 aromatic carbocycles. The monoisotopic (exact) mass is 407 g/mol. The minimum absolute atomic E-state index is 0. The van der Waals surface area contributed by atoms with Gasteiger partial charge in [0.25, 0.3) is 10.0 Å². The van der Waals surface area contributed by atoms with E-state index in [9.17, 15) is 13.2 Å². The summed E-state index contributed by atoms with van der Waals surface area (Å²) in [6.07, 6.45) is 5.44. The highest BCUT2D eigenvalue weighted by molar-refractivity contribution is 7.91. The van der Waals surface area contributed by atoms with Crippen LogP contribution in [0, 0.1) is 0 Å². The van der Waals surface area contributed by atoms with Crippen molar-refractivity contribution in [3.05, 3.63) is 17.0 Å². The Balaban J connectivity index is 0.00000225. The molecule has 2 fully saturated rings. The second-order valence-electron chi connectivity index (χ2n) is 6.46. The van der Waals surface area contributed by atoms with Crippen molar-refractivity contribution in [1.29, 1.82) is 0 Å². The van der Waals surface area contributed by atoms with Crippen molar-refractivity contribution in [2.75, 3.05) is 26.2 Å². The standard InChI is InChI=1S/C16H25N3O3S2.ClH/c20-15(18-12-13-5-4-8-17-13)11-14-6-7-16(23-14)24(21,22)19-9-2-1-3-10-19;/h6-7,13,17H,1-5,8-12H2,(H,18,20);1H. The van der Waals surface area contributed by atoms with Gasteiger partial charge in [0.15, 0.2) is 0 Å². The van der Waals surface area contributed by atoms with Crippen molar-refractivity contribution < 1.29 is 13.2 Å². The van der Waals surface area contributed by atoms with Crippen molar-refractivity contribution >= 4 is 39.7 Å². The Hall–Kier alpha value is -0.670. The lowest BCUT2D eigenvalue weighted by Gasteiger charge is -2.25. The van der Waals surface area contributed by atoms with Crippen LogP contribution in [0.25, 0.3) is 0 Å². The summed E-state index contributed by atoms with van der Waals surface area (Å²) < 4.78 is 27.1. The van der Waals surface area contributed by atoms with Crippen LogP contribution in [0.3, 0.4) is 0 Å². The van der Waals surface area contributed by atoms with Gasteiger partial charge in [0.05, 0.1) is 6.42 Å². The van der Waals surface area contributed by atoms with Gasteiger partial charge in [-0.25, -0.2) is 8.42 Å². The summed E-state index contributed by atoms with van der Waals surface area (Å²) >= 11 is 1.21. The molecule has 2 saturated heterocycles. The van der Waals surface area contributed by atoms with Crippen molar-refractivity contribution in [2.45, 2.75) is 48.8 Å². The van der Waals surface area contributed by atoms with E-state index >= 15 is 0 Å². The molecule has 3 heterocycles. The van der Waals surface area contributed by atoms with Crippen LogP contribution in [0.15, 0.2) is 16.3 Å². The number of nitrogens with zero attached hydrogens (tertiary/aromatic N) is 1. The van der Waals surface area contributed by atoms with Gasteiger partial charge in [-0.2, -0.15) is 4.31 Å². The Bertz CT molecular complexity index is 666. The molecule has 1 unspecified atom stereocenters. The molecule has 1 aromatic rings. The quantitative estimate of drug-likeness (QED) is 0.753. The average molecular weight is 408 g/mol. The van der Waals surface area contributed by atoms with E-state index in [-0.39, 0.29) is 24.7 Å². The van der Waals surface area contributed by atoms with Crippen molar-refractivity contribution in [2.24, 2.45) is 0 Å². The number of sulfonamides is 1. The van der Waals surface area contributed by atoms with Crippen LogP contribution < -0.4 is 10.6 Å². The van der Waals surface area contributed by atoms with Gasteiger partial charge in [0.1, 0.15) is 4.21 Å². The summed E-state index contributed by atoms with van der Waals surface area (Å²) in [7, 11) is -3.39. The van der Waals surface area contributed by atoms with Gasteiger partial charge < -0.3 is 10.6 Å². The van der Waals surface area contributed by atoms with Crippen LogP contribution in [0.4, 0.5) is 0 Å². The zero-order chi connectivity index (χ0) is 17.0. The molecule has 9 heteroatoms. The Morgan fingerprint density at radius 3 is 2.68 bits per heavy atom. The van der Waals surface area contributed by atoms with Crippen LogP contribution in [0.2, 0.25) is 0 Å². The first-order chi connectivity index (χ1) is 11.6. The largest absolute Gasteiger partial charge is 0.354 e. The number of carbonyl (C=O) groups is 1. The molecule has 2 aliphatic rings. The summed E-state index contributed by atoms with van der Waals surface area (Å²) in [5, 5.41) is 6.27. The number of halogens is 1. The van der Waals surface area contributed by atoms with Crippen molar-refractivity contribution in [3.63, 3.8) is 0 Å². The van der Waals surface area contributed by atoms with E-state index in [4.69, 9.17) is 0 Å². The highest BCUT2D eigenvalue weighted by Gasteiger charge is 2.27. The first-order valence-electron chi connectivity index (χ1n) is 8.64. The lowest BCUT2D eigenvalue weighted by Crippen LogP contribution is -2.37. The number of hydrogen-bond acceptors (Lipinski definition) is 5. The molecule has 0 spiro atoms. The maximum Gasteiger partial charge on any atom is 0.252 e. The molecule has 1 amide bonds. The fourth-order valence-electron chi connectivity index (χ4n) is 3.21. The molecule has 2 N–H and O–H groups in total. The zero-order valence-corrected chi connectivity index (χ0v) is 16.6. The van der Waals surface area contributed by atoms with Gasteiger partial charge in [-0.1, -0.05) is 6.42 Å². The van der Waals surface area contributed by atoms with Crippen LogP contribution in [-0.4, -0.2) is 50.9 Å². The summed E-state index contributed by atoms with van der Waals surface area (Å²) in [6, 6.07) is 3.76. The molecule has 1 aromatic heterocycles. The predicted octanol–water partition coefficient (Wildman–Crippen LogP) is 1.76. The van der Waals surface area contributed by atoms with E-state index in [2.05, 4.69) is 10.6 Å². The van der Waals surface area contributed by atoms with E-state index < -0.39 is 10.0 Å².